The van der Waals surface area contributed by atoms with Crippen molar-refractivity contribution in [2.24, 2.45) is 11.8 Å². The van der Waals surface area contributed by atoms with Gasteiger partial charge in [0.05, 0.1) is 7.11 Å². The summed E-state index contributed by atoms with van der Waals surface area (Å²) < 4.78 is 6.64. The minimum atomic E-state index is 0.800. The number of rotatable bonds is 12. The van der Waals surface area contributed by atoms with Gasteiger partial charge in [0, 0.05) is 4.47 Å². The fourth-order valence-electron chi connectivity index (χ4n) is 5.48. The van der Waals surface area contributed by atoms with Crippen LogP contribution in [0.2, 0.25) is 0 Å². The van der Waals surface area contributed by atoms with Crippen molar-refractivity contribution in [1.29, 1.82) is 0 Å². The Morgan fingerprint density at radius 1 is 0.938 bits per heavy atom. The first-order chi connectivity index (χ1) is 15.6. The number of likely N-dealkylation sites (tertiary alicyclic amines) is 2. The Labute approximate surface area is 205 Å². The van der Waals surface area contributed by atoms with E-state index in [2.05, 4.69) is 56.6 Å². The van der Waals surface area contributed by atoms with Crippen LogP contribution in [0, 0.1) is 11.8 Å². The van der Waals surface area contributed by atoms with Gasteiger partial charge in [-0.15, -0.1) is 0 Å². The maximum absolute atomic E-state index is 5.42. The predicted molar refractivity (Wildman–Crippen MR) is 140 cm³/mol. The molecule has 1 aromatic rings. The number of piperidine rings is 2. The minimum Gasteiger partial charge on any atom is -0.497 e. The Morgan fingerprint density at radius 3 is 2.19 bits per heavy atom. The van der Waals surface area contributed by atoms with Gasteiger partial charge in [-0.1, -0.05) is 29.8 Å². The normalized spacial score (nSPS) is 19.7. The van der Waals surface area contributed by atoms with Crippen LogP contribution in [0.4, 0.5) is 0 Å². The lowest BCUT2D eigenvalue weighted by Crippen LogP contribution is -2.38. The van der Waals surface area contributed by atoms with Gasteiger partial charge < -0.3 is 19.4 Å². The number of halogens is 1. The molecule has 0 unspecified atom stereocenters. The second kappa shape index (κ2) is 13.9. The molecule has 0 saturated carbocycles. The van der Waals surface area contributed by atoms with Gasteiger partial charge in [0.2, 0.25) is 0 Å². The van der Waals surface area contributed by atoms with Gasteiger partial charge in [0.25, 0.3) is 0 Å². The van der Waals surface area contributed by atoms with E-state index in [0.717, 1.165) is 17.6 Å². The Morgan fingerprint density at radius 2 is 1.56 bits per heavy atom. The molecule has 3 rings (SSSR count). The highest BCUT2D eigenvalue weighted by atomic mass is 79.9. The fraction of sp³-hybridized carbons (Fsp3) is 0.778. The quantitative estimate of drug-likeness (QED) is 0.369. The van der Waals surface area contributed by atoms with E-state index in [1.807, 2.05) is 6.07 Å². The van der Waals surface area contributed by atoms with Crippen molar-refractivity contribution in [3.8, 4) is 5.75 Å². The number of nitrogens with zero attached hydrogens (tertiary/aromatic N) is 3. The lowest BCUT2D eigenvalue weighted by atomic mass is 9.89. The van der Waals surface area contributed by atoms with Gasteiger partial charge in [0.15, 0.2) is 0 Å². The van der Waals surface area contributed by atoms with Crippen LogP contribution in [0.1, 0.15) is 57.9 Å². The van der Waals surface area contributed by atoms with Crippen molar-refractivity contribution < 1.29 is 4.74 Å². The summed E-state index contributed by atoms with van der Waals surface area (Å²) in [5.74, 6) is 2.71. The van der Waals surface area contributed by atoms with Crippen LogP contribution in [0.15, 0.2) is 22.7 Å². The second-order valence-corrected chi connectivity index (χ2v) is 10.8. The zero-order valence-corrected chi connectivity index (χ0v) is 22.4. The Hall–Kier alpha value is -0.620. The van der Waals surface area contributed by atoms with Gasteiger partial charge in [0.1, 0.15) is 5.75 Å². The molecular formula is C27H46BrN3O. The van der Waals surface area contributed by atoms with E-state index in [0.29, 0.717) is 0 Å². The molecule has 0 atom stereocenters. The van der Waals surface area contributed by atoms with Crippen molar-refractivity contribution in [3.05, 3.63) is 28.2 Å². The van der Waals surface area contributed by atoms with Crippen LogP contribution in [-0.4, -0.2) is 80.7 Å². The molecule has 0 aromatic heterocycles. The zero-order valence-electron chi connectivity index (χ0n) is 20.8. The monoisotopic (exact) mass is 507 g/mol. The molecule has 182 valence electrons. The molecular weight excluding hydrogens is 462 g/mol. The number of hydrogen-bond acceptors (Lipinski definition) is 4. The molecule has 0 aliphatic carbocycles. The number of methoxy groups -OCH3 is 1. The maximum Gasteiger partial charge on any atom is 0.119 e. The second-order valence-electron chi connectivity index (χ2n) is 9.90. The number of benzene rings is 1. The van der Waals surface area contributed by atoms with Crippen LogP contribution >= 0.6 is 15.9 Å². The summed E-state index contributed by atoms with van der Waals surface area (Å²) >= 11 is 3.73. The van der Waals surface area contributed by atoms with Gasteiger partial charge in [-0.25, -0.2) is 0 Å². The lowest BCUT2D eigenvalue weighted by molar-refractivity contribution is 0.140. The average molecular weight is 509 g/mol. The lowest BCUT2D eigenvalue weighted by Gasteiger charge is -2.35. The van der Waals surface area contributed by atoms with Crippen LogP contribution in [0.3, 0.4) is 0 Å². The molecule has 32 heavy (non-hydrogen) atoms. The Bertz CT molecular complexity index is 650. The van der Waals surface area contributed by atoms with Crippen molar-refractivity contribution in [2.75, 3.05) is 66.0 Å². The molecule has 0 N–H and O–H groups in total. The van der Waals surface area contributed by atoms with E-state index in [1.165, 1.54) is 114 Å². The third-order valence-corrected chi connectivity index (χ3v) is 8.65. The topological polar surface area (TPSA) is 19.0 Å². The largest absolute Gasteiger partial charge is 0.497 e. The predicted octanol–water partition coefficient (Wildman–Crippen LogP) is 5.55. The summed E-state index contributed by atoms with van der Waals surface area (Å²) in [6.45, 7) is 16.0. The Balaban J connectivity index is 1.28. The van der Waals surface area contributed by atoms with Gasteiger partial charge >= 0.3 is 0 Å². The highest BCUT2D eigenvalue weighted by Gasteiger charge is 2.23. The first-order valence-electron chi connectivity index (χ1n) is 13.1. The van der Waals surface area contributed by atoms with Gasteiger partial charge in [-0.3, -0.25) is 0 Å². The molecule has 2 heterocycles. The summed E-state index contributed by atoms with van der Waals surface area (Å²) in [5, 5.41) is 0. The minimum absolute atomic E-state index is 0.800. The van der Waals surface area contributed by atoms with Crippen molar-refractivity contribution >= 4 is 15.9 Å². The van der Waals surface area contributed by atoms with Crippen LogP contribution < -0.4 is 4.74 Å². The SMILES string of the molecule is CCN(CC)CCCN1CCC(CCN2CCC(Cc3cc(OC)ccc3Br)CC2)CC1. The number of ether oxygens (including phenoxy) is 1. The van der Waals surface area contributed by atoms with Crippen molar-refractivity contribution in [3.63, 3.8) is 0 Å². The molecule has 0 amide bonds. The van der Waals surface area contributed by atoms with E-state index < -0.39 is 0 Å². The summed E-state index contributed by atoms with van der Waals surface area (Å²) in [4.78, 5) is 7.99. The molecule has 0 spiro atoms. The van der Waals surface area contributed by atoms with Crippen molar-refractivity contribution in [1.82, 2.24) is 14.7 Å². The van der Waals surface area contributed by atoms with Crippen molar-refractivity contribution in [2.45, 2.75) is 58.8 Å². The zero-order chi connectivity index (χ0) is 22.8. The molecule has 2 saturated heterocycles. The molecule has 0 radical (unpaired) electrons. The van der Waals surface area contributed by atoms with Gasteiger partial charge in [-0.2, -0.15) is 0 Å². The van der Waals surface area contributed by atoms with E-state index in [9.17, 15) is 0 Å². The highest BCUT2D eigenvalue weighted by Crippen LogP contribution is 2.29. The van der Waals surface area contributed by atoms with Crippen LogP contribution in [-0.2, 0) is 6.42 Å². The smallest absolute Gasteiger partial charge is 0.119 e. The highest BCUT2D eigenvalue weighted by molar-refractivity contribution is 9.10. The summed E-state index contributed by atoms with van der Waals surface area (Å²) in [6.07, 6.45) is 9.37. The molecule has 2 aliphatic heterocycles. The van der Waals surface area contributed by atoms with Crippen LogP contribution in [0.25, 0.3) is 0 Å². The fourth-order valence-corrected chi connectivity index (χ4v) is 5.89. The summed E-state index contributed by atoms with van der Waals surface area (Å²) in [5.41, 5.74) is 1.40. The third kappa shape index (κ3) is 8.30. The molecule has 5 heteroatoms. The van der Waals surface area contributed by atoms with Gasteiger partial charge in [-0.05, 0) is 139 Å². The third-order valence-electron chi connectivity index (χ3n) is 7.87. The first kappa shape index (κ1) is 26.0. The molecule has 2 aliphatic rings. The molecule has 2 fully saturated rings. The molecule has 4 nitrogen and oxygen atoms in total. The Kier molecular flexibility index (Phi) is 11.3. The average Bonchev–Trinajstić information content (AvgIpc) is 2.83. The summed E-state index contributed by atoms with van der Waals surface area (Å²) in [7, 11) is 1.75. The number of hydrogen-bond donors (Lipinski definition) is 0. The van der Waals surface area contributed by atoms with Crippen LogP contribution in [0.5, 0.6) is 5.75 Å². The first-order valence-corrected chi connectivity index (χ1v) is 13.9. The molecule has 1 aromatic carbocycles. The van der Waals surface area contributed by atoms with E-state index in [4.69, 9.17) is 4.74 Å². The van der Waals surface area contributed by atoms with E-state index in [1.54, 1.807) is 7.11 Å². The maximum atomic E-state index is 5.42. The summed E-state index contributed by atoms with van der Waals surface area (Å²) in [6, 6.07) is 6.36. The van der Waals surface area contributed by atoms with E-state index >= 15 is 0 Å². The molecule has 0 bridgehead atoms. The standard InChI is InChI=1S/C27H46BrN3O/c1-4-29(5-2)14-6-15-30-16-9-23(10-17-30)11-18-31-19-12-24(13-20-31)21-25-22-26(32-3)7-8-27(25)28/h7-8,22-24H,4-6,9-21H2,1-3H3. The van der Waals surface area contributed by atoms with E-state index in [-0.39, 0.29) is 0 Å².